The summed E-state index contributed by atoms with van der Waals surface area (Å²) in [6.07, 6.45) is 1.49. The van der Waals surface area contributed by atoms with E-state index in [0.29, 0.717) is 0 Å². The van der Waals surface area contributed by atoms with E-state index in [0.717, 1.165) is 5.56 Å². The van der Waals surface area contributed by atoms with Gasteiger partial charge in [0, 0.05) is 6.20 Å². The SMILES string of the molecule is CC(C)c1cnc(S(N)=O)c(F)c1. The molecule has 1 atom stereocenters. The zero-order chi connectivity index (χ0) is 10.0. The highest BCUT2D eigenvalue weighted by Gasteiger charge is 2.10. The van der Waals surface area contributed by atoms with Crippen molar-refractivity contribution in [1.82, 2.24) is 4.98 Å². The first-order valence-electron chi connectivity index (χ1n) is 3.84. The number of pyridine rings is 1. The van der Waals surface area contributed by atoms with Crippen LogP contribution in [-0.4, -0.2) is 9.19 Å². The molecule has 1 aromatic heterocycles. The molecule has 2 N–H and O–H groups in total. The first-order chi connectivity index (χ1) is 6.02. The molecule has 3 nitrogen and oxygen atoms in total. The van der Waals surface area contributed by atoms with Crippen molar-refractivity contribution < 1.29 is 8.60 Å². The van der Waals surface area contributed by atoms with Crippen LogP contribution >= 0.6 is 0 Å². The normalized spacial score (nSPS) is 13.3. The van der Waals surface area contributed by atoms with E-state index in [9.17, 15) is 8.60 Å². The monoisotopic (exact) mass is 202 g/mol. The fraction of sp³-hybridized carbons (Fsp3) is 0.375. The maximum atomic E-state index is 13.1. The molecular formula is C8H11FN2OS. The van der Waals surface area contributed by atoms with Crippen molar-refractivity contribution in [2.45, 2.75) is 24.8 Å². The molecule has 1 heterocycles. The fourth-order valence-corrected chi connectivity index (χ4v) is 1.31. The van der Waals surface area contributed by atoms with Gasteiger partial charge in [0.1, 0.15) is 11.0 Å². The van der Waals surface area contributed by atoms with E-state index in [-0.39, 0.29) is 10.9 Å². The van der Waals surface area contributed by atoms with Gasteiger partial charge in [-0.2, -0.15) is 0 Å². The van der Waals surface area contributed by atoms with Gasteiger partial charge >= 0.3 is 0 Å². The van der Waals surface area contributed by atoms with Gasteiger partial charge in [0.05, 0.1) is 0 Å². The van der Waals surface area contributed by atoms with Crippen molar-refractivity contribution in [2.75, 3.05) is 0 Å². The van der Waals surface area contributed by atoms with E-state index < -0.39 is 16.8 Å². The summed E-state index contributed by atoms with van der Waals surface area (Å²) in [4.78, 5) is 3.70. The molecule has 0 aromatic carbocycles. The highest BCUT2D eigenvalue weighted by Crippen LogP contribution is 2.16. The Morgan fingerprint density at radius 3 is 2.62 bits per heavy atom. The van der Waals surface area contributed by atoms with Gasteiger partial charge in [-0.1, -0.05) is 13.8 Å². The van der Waals surface area contributed by atoms with Gasteiger partial charge in [-0.25, -0.2) is 18.7 Å². The van der Waals surface area contributed by atoms with E-state index in [1.165, 1.54) is 12.3 Å². The predicted octanol–water partition coefficient (Wildman–Crippen LogP) is 1.33. The second-order valence-electron chi connectivity index (χ2n) is 3.01. The Balaban J connectivity index is 3.13. The number of hydrogen-bond donors (Lipinski definition) is 1. The Morgan fingerprint density at radius 1 is 1.62 bits per heavy atom. The van der Waals surface area contributed by atoms with Gasteiger partial charge in [0.25, 0.3) is 0 Å². The lowest BCUT2D eigenvalue weighted by Crippen LogP contribution is -2.08. The maximum Gasteiger partial charge on any atom is 0.178 e. The fourth-order valence-electron chi connectivity index (χ4n) is 0.904. The minimum atomic E-state index is -1.85. The first kappa shape index (κ1) is 10.3. The lowest BCUT2D eigenvalue weighted by atomic mass is 10.1. The number of nitrogens with zero attached hydrogens (tertiary/aromatic N) is 1. The van der Waals surface area contributed by atoms with Crippen molar-refractivity contribution in [1.29, 1.82) is 0 Å². The summed E-state index contributed by atoms with van der Waals surface area (Å²) in [5.41, 5.74) is 0.770. The molecule has 0 saturated heterocycles. The Hall–Kier alpha value is -0.810. The van der Waals surface area contributed by atoms with Crippen LogP contribution in [0.3, 0.4) is 0 Å². The van der Waals surface area contributed by atoms with Gasteiger partial charge in [-0.15, -0.1) is 0 Å². The van der Waals surface area contributed by atoms with Crippen LogP contribution in [0.4, 0.5) is 4.39 Å². The maximum absolute atomic E-state index is 13.1. The number of rotatable bonds is 2. The first-order valence-corrected chi connectivity index (χ1v) is 5.05. The Morgan fingerprint density at radius 2 is 2.23 bits per heavy atom. The van der Waals surface area contributed by atoms with E-state index in [2.05, 4.69) is 4.98 Å². The van der Waals surface area contributed by atoms with Crippen molar-refractivity contribution in [3.05, 3.63) is 23.6 Å². The van der Waals surface area contributed by atoms with Crippen LogP contribution in [0.1, 0.15) is 25.3 Å². The molecule has 0 saturated carbocycles. The highest BCUT2D eigenvalue weighted by molar-refractivity contribution is 7.82. The number of nitrogens with two attached hydrogens (primary N) is 1. The van der Waals surface area contributed by atoms with Crippen LogP contribution in [0.2, 0.25) is 0 Å². The third-order valence-corrected chi connectivity index (χ3v) is 2.37. The van der Waals surface area contributed by atoms with Crippen LogP contribution < -0.4 is 5.14 Å². The van der Waals surface area contributed by atoms with Gasteiger partial charge in [-0.05, 0) is 17.5 Å². The zero-order valence-corrected chi connectivity index (χ0v) is 8.27. The van der Waals surface area contributed by atoms with Gasteiger partial charge in [-0.3, -0.25) is 0 Å². The lowest BCUT2D eigenvalue weighted by Gasteiger charge is -2.05. The van der Waals surface area contributed by atoms with Crippen LogP contribution in [0.15, 0.2) is 17.3 Å². The van der Waals surface area contributed by atoms with Crippen molar-refractivity contribution in [2.24, 2.45) is 5.14 Å². The number of hydrogen-bond acceptors (Lipinski definition) is 2. The second-order valence-corrected chi connectivity index (χ2v) is 3.99. The van der Waals surface area contributed by atoms with Gasteiger partial charge in [0.2, 0.25) is 0 Å². The second kappa shape index (κ2) is 3.93. The highest BCUT2D eigenvalue weighted by atomic mass is 32.2. The summed E-state index contributed by atoms with van der Waals surface area (Å²) >= 11 is 0. The lowest BCUT2D eigenvalue weighted by molar-refractivity contribution is 0.575. The molecule has 0 spiro atoms. The van der Waals surface area contributed by atoms with Gasteiger partial charge < -0.3 is 0 Å². The molecule has 0 radical (unpaired) electrons. The third kappa shape index (κ3) is 2.32. The van der Waals surface area contributed by atoms with Crippen molar-refractivity contribution in [3.63, 3.8) is 0 Å². The molecule has 0 fully saturated rings. The van der Waals surface area contributed by atoms with Crippen LogP contribution in [-0.2, 0) is 11.0 Å². The summed E-state index contributed by atoms with van der Waals surface area (Å²) in [6.45, 7) is 3.85. The number of halogens is 1. The molecule has 1 aromatic rings. The van der Waals surface area contributed by atoms with Crippen LogP contribution in [0.5, 0.6) is 0 Å². The van der Waals surface area contributed by atoms with E-state index >= 15 is 0 Å². The average molecular weight is 202 g/mol. The van der Waals surface area contributed by atoms with Crippen LogP contribution in [0.25, 0.3) is 0 Å². The smallest absolute Gasteiger partial charge is 0.178 e. The molecule has 72 valence electrons. The molecule has 0 aliphatic rings. The van der Waals surface area contributed by atoms with Gasteiger partial charge in [0.15, 0.2) is 10.8 Å². The van der Waals surface area contributed by atoms with Crippen molar-refractivity contribution >= 4 is 11.0 Å². The van der Waals surface area contributed by atoms with E-state index in [1.807, 2.05) is 13.8 Å². The van der Waals surface area contributed by atoms with E-state index in [1.54, 1.807) is 0 Å². The molecule has 5 heteroatoms. The summed E-state index contributed by atoms with van der Waals surface area (Å²) in [5, 5.41) is 4.82. The van der Waals surface area contributed by atoms with E-state index in [4.69, 9.17) is 5.14 Å². The summed E-state index contributed by atoms with van der Waals surface area (Å²) in [6, 6.07) is 1.32. The molecule has 1 unspecified atom stereocenters. The average Bonchev–Trinajstić information content (AvgIpc) is 2.03. The zero-order valence-electron chi connectivity index (χ0n) is 7.45. The summed E-state index contributed by atoms with van der Waals surface area (Å²) < 4.78 is 23.9. The quantitative estimate of drug-likeness (QED) is 0.786. The topological polar surface area (TPSA) is 56.0 Å². The number of aromatic nitrogens is 1. The molecule has 0 aliphatic carbocycles. The Bertz CT molecular complexity index is 341. The standard InChI is InChI=1S/C8H11FN2OS/c1-5(2)6-3-7(9)8(11-4-6)13(10)12/h3-5H,10H2,1-2H3. The largest absolute Gasteiger partial charge is 0.246 e. The molecule has 13 heavy (non-hydrogen) atoms. The minimum Gasteiger partial charge on any atom is -0.246 e. The minimum absolute atomic E-state index is 0.190. The predicted molar refractivity (Wildman–Crippen MR) is 48.9 cm³/mol. The molecule has 1 rings (SSSR count). The molecule has 0 amide bonds. The van der Waals surface area contributed by atoms with Crippen molar-refractivity contribution in [3.8, 4) is 0 Å². The van der Waals surface area contributed by atoms with Crippen LogP contribution in [0, 0.1) is 5.82 Å². The third-order valence-electron chi connectivity index (χ3n) is 1.69. The summed E-state index contributed by atoms with van der Waals surface area (Å²) in [5.74, 6) is -0.408. The Labute approximate surface area is 78.8 Å². The molecule has 0 bridgehead atoms. The Kier molecular flexibility index (Phi) is 3.11. The molecular weight excluding hydrogens is 191 g/mol. The summed E-state index contributed by atoms with van der Waals surface area (Å²) in [7, 11) is -1.85. The molecule has 0 aliphatic heterocycles.